The topological polar surface area (TPSA) is 51.2 Å². The second-order valence-electron chi connectivity index (χ2n) is 10.7. The van der Waals surface area contributed by atoms with Gasteiger partial charge >= 0.3 is 0 Å². The third kappa shape index (κ3) is 4.51. The van der Waals surface area contributed by atoms with Crippen molar-refractivity contribution in [2.45, 2.75) is 50.9 Å². The Morgan fingerprint density at radius 1 is 0.842 bits per heavy atom. The summed E-state index contributed by atoms with van der Waals surface area (Å²) in [7, 11) is 5.07. The van der Waals surface area contributed by atoms with E-state index < -0.39 is 0 Å². The minimum Gasteiger partial charge on any atom is -0.496 e. The lowest BCUT2D eigenvalue weighted by molar-refractivity contribution is -0.141. The molecule has 3 aliphatic rings. The minimum absolute atomic E-state index is 0.0799. The number of nitrogens with zero attached hydrogens (tertiary/aromatic N) is 2. The van der Waals surface area contributed by atoms with Crippen LogP contribution in [0.25, 0.3) is 0 Å². The van der Waals surface area contributed by atoms with Crippen molar-refractivity contribution in [3.8, 4) is 17.2 Å². The Morgan fingerprint density at radius 2 is 1.53 bits per heavy atom. The molecule has 38 heavy (non-hydrogen) atoms. The molecular formula is C32H36N2O4. The molecule has 2 heterocycles. The van der Waals surface area contributed by atoms with Crippen LogP contribution in [-0.4, -0.2) is 49.6 Å². The van der Waals surface area contributed by atoms with Gasteiger partial charge in [-0.05, 0) is 72.1 Å². The van der Waals surface area contributed by atoms with Crippen molar-refractivity contribution < 1.29 is 19.0 Å². The fourth-order valence-electron chi connectivity index (χ4n) is 6.37. The third-order valence-corrected chi connectivity index (χ3v) is 8.47. The van der Waals surface area contributed by atoms with Crippen molar-refractivity contribution in [3.05, 3.63) is 88.5 Å². The van der Waals surface area contributed by atoms with E-state index in [-0.39, 0.29) is 18.0 Å². The number of benzene rings is 3. The fourth-order valence-corrected chi connectivity index (χ4v) is 6.37. The molecule has 1 aliphatic carbocycles. The summed E-state index contributed by atoms with van der Waals surface area (Å²) in [6, 6.07) is 20.7. The van der Waals surface area contributed by atoms with Gasteiger partial charge in [-0.2, -0.15) is 0 Å². The van der Waals surface area contributed by atoms with E-state index in [1.165, 1.54) is 22.3 Å². The Balaban J connectivity index is 1.35. The van der Waals surface area contributed by atoms with E-state index in [0.29, 0.717) is 12.5 Å². The molecule has 3 aromatic carbocycles. The van der Waals surface area contributed by atoms with Gasteiger partial charge in [-0.3, -0.25) is 9.69 Å². The molecule has 1 saturated carbocycles. The molecule has 3 aromatic rings. The van der Waals surface area contributed by atoms with Gasteiger partial charge in [-0.25, -0.2) is 0 Å². The van der Waals surface area contributed by atoms with E-state index >= 15 is 0 Å². The van der Waals surface area contributed by atoms with Crippen LogP contribution in [-0.2, 0) is 30.7 Å². The molecule has 0 aromatic heterocycles. The molecule has 0 saturated heterocycles. The number of methoxy groups -OCH3 is 3. The van der Waals surface area contributed by atoms with Crippen LogP contribution in [0.15, 0.2) is 60.7 Å². The first-order valence-electron chi connectivity index (χ1n) is 13.6. The second-order valence-corrected chi connectivity index (χ2v) is 10.7. The van der Waals surface area contributed by atoms with Crippen molar-refractivity contribution in [2.75, 3.05) is 27.9 Å². The quantitative estimate of drug-likeness (QED) is 0.437. The Hall–Kier alpha value is -3.51. The zero-order valence-electron chi connectivity index (χ0n) is 22.5. The van der Waals surface area contributed by atoms with E-state index in [0.717, 1.165) is 61.6 Å². The lowest BCUT2D eigenvalue weighted by Gasteiger charge is -2.43. The van der Waals surface area contributed by atoms with E-state index in [1.807, 2.05) is 18.2 Å². The highest BCUT2D eigenvalue weighted by Gasteiger charge is 2.45. The van der Waals surface area contributed by atoms with Crippen LogP contribution in [0.4, 0.5) is 0 Å². The lowest BCUT2D eigenvalue weighted by atomic mass is 9.87. The SMILES string of the molecule is COc1ccccc1CN1Cc2ccccc2C[C@H]1C(=O)N1CCc2cc(OC)c(OC)cc2C1C1CC1. The molecule has 2 aliphatic heterocycles. The Labute approximate surface area is 225 Å². The summed E-state index contributed by atoms with van der Waals surface area (Å²) in [5.41, 5.74) is 6.16. The summed E-state index contributed by atoms with van der Waals surface area (Å²) >= 11 is 0. The molecule has 6 heteroatoms. The summed E-state index contributed by atoms with van der Waals surface area (Å²) in [5, 5.41) is 0. The van der Waals surface area contributed by atoms with Crippen LogP contribution in [0.5, 0.6) is 17.2 Å². The number of para-hydroxylation sites is 1. The smallest absolute Gasteiger partial charge is 0.240 e. The first kappa shape index (κ1) is 24.8. The molecule has 198 valence electrons. The third-order valence-electron chi connectivity index (χ3n) is 8.47. The number of amides is 1. The Morgan fingerprint density at radius 3 is 2.26 bits per heavy atom. The van der Waals surface area contributed by atoms with Crippen LogP contribution < -0.4 is 14.2 Å². The highest BCUT2D eigenvalue weighted by molar-refractivity contribution is 5.83. The predicted octanol–water partition coefficient (Wildman–Crippen LogP) is 5.18. The van der Waals surface area contributed by atoms with Crippen LogP contribution in [0, 0.1) is 5.92 Å². The normalized spacial score (nSPS) is 20.9. The van der Waals surface area contributed by atoms with Gasteiger partial charge in [0.15, 0.2) is 11.5 Å². The van der Waals surface area contributed by atoms with Gasteiger partial charge in [0.05, 0.1) is 33.4 Å². The average molecular weight is 513 g/mol. The van der Waals surface area contributed by atoms with Gasteiger partial charge < -0.3 is 19.1 Å². The summed E-state index contributed by atoms with van der Waals surface area (Å²) in [6.45, 7) is 2.13. The number of carbonyl (C=O) groups is 1. The van der Waals surface area contributed by atoms with Crippen LogP contribution >= 0.6 is 0 Å². The molecule has 0 bridgehead atoms. The van der Waals surface area contributed by atoms with Crippen molar-refractivity contribution in [1.82, 2.24) is 9.80 Å². The van der Waals surface area contributed by atoms with E-state index in [1.54, 1.807) is 21.3 Å². The molecule has 2 atom stereocenters. The standard InChI is InChI=1S/C32H36N2O4/c1-36-28-11-7-6-10-25(28)20-33-19-24-9-5-4-8-22(24)16-27(33)32(35)34-15-14-23-17-29(37-2)30(38-3)18-26(23)31(34)21-12-13-21/h4-11,17-18,21,27,31H,12-16,19-20H2,1-3H3/t27-,31?/m0/s1. The maximum Gasteiger partial charge on any atom is 0.240 e. The molecule has 0 radical (unpaired) electrons. The highest BCUT2D eigenvalue weighted by atomic mass is 16.5. The molecule has 6 nitrogen and oxygen atoms in total. The number of hydrogen-bond donors (Lipinski definition) is 0. The van der Waals surface area contributed by atoms with Gasteiger partial charge in [0.1, 0.15) is 5.75 Å². The lowest BCUT2D eigenvalue weighted by Crippen LogP contribution is -2.53. The summed E-state index contributed by atoms with van der Waals surface area (Å²) in [5.74, 6) is 3.07. The number of carbonyl (C=O) groups excluding carboxylic acids is 1. The van der Waals surface area contributed by atoms with Crippen LogP contribution in [0.2, 0.25) is 0 Å². The average Bonchev–Trinajstić information content (AvgIpc) is 3.80. The summed E-state index contributed by atoms with van der Waals surface area (Å²) in [4.78, 5) is 19.1. The van der Waals surface area contributed by atoms with Gasteiger partial charge in [0.2, 0.25) is 5.91 Å². The number of ether oxygens (including phenoxy) is 3. The van der Waals surface area contributed by atoms with Gasteiger partial charge in [0.25, 0.3) is 0 Å². The molecular weight excluding hydrogens is 476 g/mol. The monoisotopic (exact) mass is 512 g/mol. The van der Waals surface area contributed by atoms with Gasteiger partial charge in [-0.15, -0.1) is 0 Å². The van der Waals surface area contributed by atoms with Crippen molar-refractivity contribution in [1.29, 1.82) is 0 Å². The van der Waals surface area contributed by atoms with Crippen molar-refractivity contribution in [3.63, 3.8) is 0 Å². The predicted molar refractivity (Wildman–Crippen MR) is 147 cm³/mol. The first-order valence-corrected chi connectivity index (χ1v) is 13.6. The second kappa shape index (κ2) is 10.3. The Kier molecular flexibility index (Phi) is 6.75. The maximum absolute atomic E-state index is 14.5. The summed E-state index contributed by atoms with van der Waals surface area (Å²) in [6.07, 6.45) is 3.85. The van der Waals surface area contributed by atoms with E-state index in [4.69, 9.17) is 14.2 Å². The minimum atomic E-state index is -0.224. The molecule has 0 spiro atoms. The maximum atomic E-state index is 14.5. The molecule has 6 rings (SSSR count). The fraction of sp³-hybridized carbons (Fsp3) is 0.406. The van der Waals surface area contributed by atoms with E-state index in [9.17, 15) is 4.79 Å². The molecule has 1 fully saturated rings. The molecule has 1 amide bonds. The zero-order valence-corrected chi connectivity index (χ0v) is 22.5. The number of rotatable bonds is 7. The van der Waals surface area contributed by atoms with Gasteiger partial charge in [0, 0.05) is 25.2 Å². The zero-order chi connectivity index (χ0) is 26.2. The van der Waals surface area contributed by atoms with Crippen LogP contribution in [0.3, 0.4) is 0 Å². The van der Waals surface area contributed by atoms with E-state index in [2.05, 4.69) is 52.3 Å². The largest absolute Gasteiger partial charge is 0.496 e. The number of hydrogen-bond acceptors (Lipinski definition) is 5. The summed E-state index contributed by atoms with van der Waals surface area (Å²) < 4.78 is 16.9. The first-order chi connectivity index (χ1) is 18.6. The molecule has 1 unspecified atom stereocenters. The van der Waals surface area contributed by atoms with Gasteiger partial charge in [-0.1, -0.05) is 42.5 Å². The number of fused-ring (bicyclic) bond motifs is 2. The van der Waals surface area contributed by atoms with Crippen molar-refractivity contribution in [2.24, 2.45) is 5.92 Å². The highest BCUT2D eigenvalue weighted by Crippen LogP contribution is 2.50. The van der Waals surface area contributed by atoms with Crippen LogP contribution in [0.1, 0.15) is 46.7 Å². The molecule has 0 N–H and O–H groups in total. The Bertz CT molecular complexity index is 1330. The van der Waals surface area contributed by atoms with Crippen molar-refractivity contribution >= 4 is 5.91 Å².